The Morgan fingerprint density at radius 2 is 2.43 bits per heavy atom. The van der Waals surface area contributed by atoms with Crippen molar-refractivity contribution < 1.29 is 4.74 Å². The molecular formula is C16H30N4O. The van der Waals surface area contributed by atoms with Crippen LogP contribution in [0.25, 0.3) is 0 Å². The molecule has 3 unspecified atom stereocenters. The molecule has 1 aliphatic rings. The molecule has 0 aliphatic heterocycles. The number of rotatable bonds is 7. The van der Waals surface area contributed by atoms with E-state index >= 15 is 0 Å². The maximum absolute atomic E-state index is 6.23. The molecule has 21 heavy (non-hydrogen) atoms. The number of nitrogens with two attached hydrogens (primary N) is 1. The van der Waals surface area contributed by atoms with Crippen LogP contribution in [-0.2, 0) is 18.2 Å². The molecule has 1 aromatic heterocycles. The summed E-state index contributed by atoms with van der Waals surface area (Å²) in [6.07, 6.45) is 8.52. The Morgan fingerprint density at radius 1 is 1.62 bits per heavy atom. The highest BCUT2D eigenvalue weighted by Gasteiger charge is 2.42. The largest absolute Gasteiger partial charge is 0.374 e. The molecule has 3 atom stereocenters. The number of ether oxygens (including phenoxy) is 1. The van der Waals surface area contributed by atoms with E-state index in [1.165, 1.54) is 18.5 Å². The summed E-state index contributed by atoms with van der Waals surface area (Å²) in [5.74, 6) is 6.60. The van der Waals surface area contributed by atoms with Crippen LogP contribution in [-0.4, -0.2) is 28.0 Å². The van der Waals surface area contributed by atoms with E-state index in [2.05, 4.69) is 30.4 Å². The molecule has 3 N–H and O–H groups in total. The van der Waals surface area contributed by atoms with Gasteiger partial charge in [0, 0.05) is 25.5 Å². The number of hydrogen-bond acceptors (Lipinski definition) is 4. The van der Waals surface area contributed by atoms with Crippen LogP contribution in [0.2, 0.25) is 0 Å². The van der Waals surface area contributed by atoms with E-state index in [4.69, 9.17) is 10.6 Å². The van der Waals surface area contributed by atoms with Gasteiger partial charge in [0.15, 0.2) is 0 Å². The van der Waals surface area contributed by atoms with Crippen molar-refractivity contribution in [1.29, 1.82) is 0 Å². The molecular weight excluding hydrogens is 264 g/mol. The molecule has 120 valence electrons. The summed E-state index contributed by atoms with van der Waals surface area (Å²) in [4.78, 5) is 0. The van der Waals surface area contributed by atoms with Gasteiger partial charge in [-0.1, -0.05) is 19.8 Å². The summed E-state index contributed by atoms with van der Waals surface area (Å²) in [7, 11) is 1.99. The molecule has 0 saturated heterocycles. The minimum atomic E-state index is -0.111. The zero-order valence-corrected chi connectivity index (χ0v) is 13.6. The van der Waals surface area contributed by atoms with E-state index in [1.54, 1.807) is 0 Å². The lowest BCUT2D eigenvalue weighted by Crippen LogP contribution is -2.57. The molecule has 1 aromatic rings. The Labute approximate surface area is 128 Å². The predicted octanol–water partition coefficient (Wildman–Crippen LogP) is 2.17. The van der Waals surface area contributed by atoms with Gasteiger partial charge in [0.25, 0.3) is 0 Å². The Morgan fingerprint density at radius 3 is 3.00 bits per heavy atom. The fourth-order valence-electron chi connectivity index (χ4n) is 3.82. The molecule has 1 aliphatic carbocycles. The van der Waals surface area contributed by atoms with Gasteiger partial charge in [-0.2, -0.15) is 5.10 Å². The fraction of sp³-hybridized carbons (Fsp3) is 0.812. The highest BCUT2D eigenvalue weighted by Crippen LogP contribution is 2.38. The average molecular weight is 294 g/mol. The normalized spacial score (nSPS) is 27.7. The zero-order chi connectivity index (χ0) is 15.3. The van der Waals surface area contributed by atoms with Gasteiger partial charge in [-0.05, 0) is 44.6 Å². The second kappa shape index (κ2) is 7.38. The number of hydrazine groups is 1. The zero-order valence-electron chi connectivity index (χ0n) is 13.6. The standard InChI is InChI=1S/C16H30N4O/c1-4-21-16(10-5-6-13(2)12-16)15(19-17)8-7-14-9-11-18-20(14)3/h9,11,13,15,19H,4-8,10,12,17H2,1-3H3. The Hall–Kier alpha value is -0.910. The van der Waals surface area contributed by atoms with Crippen LogP contribution in [0, 0.1) is 5.92 Å². The lowest BCUT2D eigenvalue weighted by atomic mass is 9.73. The second-order valence-corrected chi connectivity index (χ2v) is 6.40. The average Bonchev–Trinajstić information content (AvgIpc) is 2.85. The molecule has 1 heterocycles. The van der Waals surface area contributed by atoms with Crippen molar-refractivity contribution in [2.45, 2.75) is 64.0 Å². The molecule has 0 bridgehead atoms. The van der Waals surface area contributed by atoms with Crippen LogP contribution in [0.1, 0.15) is 51.6 Å². The first kappa shape index (κ1) is 16.5. The van der Waals surface area contributed by atoms with Gasteiger partial charge >= 0.3 is 0 Å². The molecule has 0 aromatic carbocycles. The minimum absolute atomic E-state index is 0.111. The van der Waals surface area contributed by atoms with E-state index in [0.717, 1.165) is 32.3 Å². The lowest BCUT2D eigenvalue weighted by Gasteiger charge is -2.45. The van der Waals surface area contributed by atoms with Crippen LogP contribution >= 0.6 is 0 Å². The van der Waals surface area contributed by atoms with Gasteiger partial charge < -0.3 is 4.74 Å². The molecule has 5 nitrogen and oxygen atoms in total. The van der Waals surface area contributed by atoms with Crippen LogP contribution in [0.4, 0.5) is 0 Å². The second-order valence-electron chi connectivity index (χ2n) is 6.40. The van der Waals surface area contributed by atoms with Crippen molar-refractivity contribution in [3.05, 3.63) is 18.0 Å². The highest BCUT2D eigenvalue weighted by molar-refractivity contribution is 5.03. The number of nitrogens with zero attached hydrogens (tertiary/aromatic N) is 2. The third-order valence-corrected chi connectivity index (χ3v) is 4.87. The smallest absolute Gasteiger partial charge is 0.0850 e. The maximum Gasteiger partial charge on any atom is 0.0850 e. The fourth-order valence-corrected chi connectivity index (χ4v) is 3.82. The molecule has 0 radical (unpaired) electrons. The first-order valence-electron chi connectivity index (χ1n) is 8.18. The number of aromatic nitrogens is 2. The molecule has 0 amide bonds. The van der Waals surface area contributed by atoms with Crippen molar-refractivity contribution in [3.8, 4) is 0 Å². The molecule has 0 spiro atoms. The Bertz CT molecular complexity index is 430. The van der Waals surface area contributed by atoms with Crippen molar-refractivity contribution in [1.82, 2.24) is 15.2 Å². The summed E-state index contributed by atoms with van der Waals surface area (Å²) in [6.45, 7) is 5.15. The van der Waals surface area contributed by atoms with Crippen molar-refractivity contribution in [3.63, 3.8) is 0 Å². The van der Waals surface area contributed by atoms with Crippen molar-refractivity contribution in [2.75, 3.05) is 6.61 Å². The van der Waals surface area contributed by atoms with Gasteiger partial charge in [-0.25, -0.2) is 0 Å². The first-order valence-corrected chi connectivity index (χ1v) is 8.18. The molecule has 2 rings (SSSR count). The van der Waals surface area contributed by atoms with Crippen LogP contribution in [0.3, 0.4) is 0 Å². The number of hydrogen-bond donors (Lipinski definition) is 2. The molecule has 5 heteroatoms. The molecule has 1 fully saturated rings. The van der Waals surface area contributed by atoms with E-state index in [-0.39, 0.29) is 11.6 Å². The lowest BCUT2D eigenvalue weighted by molar-refractivity contribution is -0.102. The summed E-state index contributed by atoms with van der Waals surface area (Å²) < 4.78 is 8.16. The van der Waals surface area contributed by atoms with Gasteiger partial charge in [-0.3, -0.25) is 16.0 Å². The van der Waals surface area contributed by atoms with Gasteiger partial charge in [0.05, 0.1) is 11.6 Å². The summed E-state index contributed by atoms with van der Waals surface area (Å²) in [5.41, 5.74) is 4.18. The quantitative estimate of drug-likeness (QED) is 0.597. The summed E-state index contributed by atoms with van der Waals surface area (Å²) >= 11 is 0. The van der Waals surface area contributed by atoms with Crippen molar-refractivity contribution in [2.24, 2.45) is 18.8 Å². The van der Waals surface area contributed by atoms with E-state index < -0.39 is 0 Å². The van der Waals surface area contributed by atoms with Crippen molar-refractivity contribution >= 4 is 0 Å². The summed E-state index contributed by atoms with van der Waals surface area (Å²) in [5, 5.41) is 4.23. The van der Waals surface area contributed by atoms with Gasteiger partial charge in [0.2, 0.25) is 0 Å². The van der Waals surface area contributed by atoms with Gasteiger partial charge in [0.1, 0.15) is 0 Å². The van der Waals surface area contributed by atoms with Crippen LogP contribution in [0.15, 0.2) is 12.3 Å². The van der Waals surface area contributed by atoms with E-state index in [0.29, 0.717) is 5.92 Å². The summed E-state index contributed by atoms with van der Waals surface area (Å²) in [6, 6.07) is 2.26. The Kier molecular flexibility index (Phi) is 5.79. The number of aryl methyl sites for hydroxylation is 2. The SMILES string of the molecule is CCOC1(C(CCc2ccnn2C)NN)CCCC(C)C1. The van der Waals surface area contributed by atoms with Crippen LogP contribution in [0.5, 0.6) is 0 Å². The van der Waals surface area contributed by atoms with Gasteiger partial charge in [-0.15, -0.1) is 0 Å². The highest BCUT2D eigenvalue weighted by atomic mass is 16.5. The predicted molar refractivity (Wildman–Crippen MR) is 84.6 cm³/mol. The third kappa shape index (κ3) is 3.84. The third-order valence-electron chi connectivity index (χ3n) is 4.87. The topological polar surface area (TPSA) is 65.1 Å². The maximum atomic E-state index is 6.23. The van der Waals surface area contributed by atoms with E-state index in [9.17, 15) is 0 Å². The Balaban J connectivity index is 2.06. The first-order chi connectivity index (χ1) is 10.1. The number of nitrogens with one attached hydrogen (secondary N) is 1. The van der Waals surface area contributed by atoms with E-state index in [1.807, 2.05) is 17.9 Å². The minimum Gasteiger partial charge on any atom is -0.374 e. The molecule has 1 saturated carbocycles. The monoisotopic (exact) mass is 294 g/mol. The van der Waals surface area contributed by atoms with Crippen LogP contribution < -0.4 is 11.3 Å².